The van der Waals surface area contributed by atoms with Gasteiger partial charge in [-0.05, 0) is 36.1 Å². The Morgan fingerprint density at radius 3 is 2.50 bits per heavy atom. The lowest BCUT2D eigenvalue weighted by molar-refractivity contribution is -0.134. The molecule has 1 amide bonds. The van der Waals surface area contributed by atoms with Crippen LogP contribution in [-0.4, -0.2) is 56.3 Å². The number of piperidine rings is 1. The van der Waals surface area contributed by atoms with E-state index in [0.29, 0.717) is 24.5 Å². The number of halogens is 1. The van der Waals surface area contributed by atoms with E-state index in [1.807, 2.05) is 13.8 Å². The third-order valence-corrected chi connectivity index (χ3v) is 6.61. The Morgan fingerprint density at radius 1 is 1.38 bits per heavy atom. The van der Waals surface area contributed by atoms with Crippen molar-refractivity contribution in [1.82, 2.24) is 9.21 Å². The standard InChI is InChI=1S/C16H24ClN3O3S/c1-16(2)11-20(9-8-14(16)18)15(21)10-19(3)24(22,23)13-6-4-12(17)5-7-13/h4-7,14H,8-11,18H2,1-3H3. The summed E-state index contributed by atoms with van der Waals surface area (Å²) < 4.78 is 26.1. The zero-order valence-electron chi connectivity index (χ0n) is 14.2. The highest BCUT2D eigenvalue weighted by atomic mass is 35.5. The monoisotopic (exact) mass is 373 g/mol. The maximum absolute atomic E-state index is 12.5. The minimum atomic E-state index is -3.73. The molecule has 0 radical (unpaired) electrons. The first-order valence-corrected chi connectivity index (χ1v) is 9.61. The lowest BCUT2D eigenvalue weighted by atomic mass is 9.80. The zero-order valence-corrected chi connectivity index (χ0v) is 15.8. The van der Waals surface area contributed by atoms with Crippen molar-refractivity contribution in [3.8, 4) is 0 Å². The highest BCUT2D eigenvalue weighted by molar-refractivity contribution is 7.89. The Bertz CT molecular complexity index is 704. The van der Waals surface area contributed by atoms with Gasteiger partial charge in [0, 0.05) is 31.2 Å². The molecule has 2 rings (SSSR count). The molecule has 0 saturated carbocycles. The van der Waals surface area contributed by atoms with Crippen LogP contribution in [-0.2, 0) is 14.8 Å². The number of carbonyl (C=O) groups excluding carboxylic acids is 1. The van der Waals surface area contributed by atoms with Crippen molar-refractivity contribution in [2.75, 3.05) is 26.7 Å². The Labute approximate surface area is 148 Å². The molecular weight excluding hydrogens is 350 g/mol. The number of rotatable bonds is 4. The molecule has 6 nitrogen and oxygen atoms in total. The summed E-state index contributed by atoms with van der Waals surface area (Å²) in [5.41, 5.74) is 5.90. The molecule has 1 aromatic rings. The smallest absolute Gasteiger partial charge is 0.243 e. The summed E-state index contributed by atoms with van der Waals surface area (Å²) in [7, 11) is -2.32. The number of amides is 1. The van der Waals surface area contributed by atoms with Gasteiger partial charge in [0.15, 0.2) is 0 Å². The van der Waals surface area contributed by atoms with E-state index in [9.17, 15) is 13.2 Å². The van der Waals surface area contributed by atoms with Gasteiger partial charge in [-0.25, -0.2) is 8.42 Å². The first-order chi connectivity index (χ1) is 11.0. The van der Waals surface area contributed by atoms with Crippen molar-refractivity contribution >= 4 is 27.5 Å². The van der Waals surface area contributed by atoms with Gasteiger partial charge in [0.2, 0.25) is 15.9 Å². The molecule has 1 aliphatic rings. The minimum Gasteiger partial charge on any atom is -0.341 e. The van der Waals surface area contributed by atoms with Crippen LogP contribution in [0.4, 0.5) is 0 Å². The van der Waals surface area contributed by atoms with Crippen molar-refractivity contribution in [3.05, 3.63) is 29.3 Å². The van der Waals surface area contributed by atoms with Gasteiger partial charge in [0.25, 0.3) is 0 Å². The van der Waals surface area contributed by atoms with E-state index in [0.717, 1.165) is 4.31 Å². The quantitative estimate of drug-likeness (QED) is 0.867. The van der Waals surface area contributed by atoms with Crippen LogP contribution in [0, 0.1) is 5.41 Å². The topological polar surface area (TPSA) is 83.7 Å². The molecule has 8 heteroatoms. The van der Waals surface area contributed by atoms with Crippen LogP contribution in [0.5, 0.6) is 0 Å². The van der Waals surface area contributed by atoms with Crippen molar-refractivity contribution in [1.29, 1.82) is 0 Å². The molecule has 0 spiro atoms. The van der Waals surface area contributed by atoms with Gasteiger partial charge < -0.3 is 10.6 Å². The Kier molecular flexibility index (Phi) is 5.59. The average molecular weight is 374 g/mol. The molecule has 1 unspecified atom stereocenters. The minimum absolute atomic E-state index is 0.0390. The molecule has 0 bridgehead atoms. The van der Waals surface area contributed by atoms with E-state index in [1.165, 1.54) is 31.3 Å². The fourth-order valence-corrected chi connectivity index (χ4v) is 4.00. The maximum Gasteiger partial charge on any atom is 0.243 e. The summed E-state index contributed by atoms with van der Waals surface area (Å²) >= 11 is 5.79. The Balaban J connectivity index is 2.07. The SMILES string of the molecule is CN(CC(=O)N1CCC(N)C(C)(C)C1)S(=O)(=O)c1ccc(Cl)cc1. The number of carbonyl (C=O) groups is 1. The number of likely N-dealkylation sites (tertiary alicyclic amines) is 1. The molecule has 0 aromatic heterocycles. The average Bonchev–Trinajstić information content (AvgIpc) is 2.50. The number of benzene rings is 1. The molecular formula is C16H24ClN3O3S. The summed E-state index contributed by atoms with van der Waals surface area (Å²) in [5, 5.41) is 0.458. The highest BCUT2D eigenvalue weighted by Gasteiger charge is 2.36. The summed E-state index contributed by atoms with van der Waals surface area (Å²) in [6.07, 6.45) is 0.715. The van der Waals surface area contributed by atoms with Gasteiger partial charge in [0.1, 0.15) is 0 Å². The molecule has 1 fully saturated rings. The van der Waals surface area contributed by atoms with E-state index in [4.69, 9.17) is 17.3 Å². The summed E-state index contributed by atoms with van der Waals surface area (Å²) in [5.74, 6) is -0.213. The zero-order chi connectivity index (χ0) is 18.1. The highest BCUT2D eigenvalue weighted by Crippen LogP contribution is 2.28. The molecule has 134 valence electrons. The molecule has 24 heavy (non-hydrogen) atoms. The Hall–Kier alpha value is -1.15. The van der Waals surface area contributed by atoms with Gasteiger partial charge in [-0.15, -0.1) is 0 Å². The number of sulfonamides is 1. The van der Waals surface area contributed by atoms with Gasteiger partial charge in [-0.3, -0.25) is 4.79 Å². The molecule has 1 aliphatic heterocycles. The summed E-state index contributed by atoms with van der Waals surface area (Å²) in [6, 6.07) is 5.93. The molecule has 1 aromatic carbocycles. The number of likely N-dealkylation sites (N-methyl/N-ethyl adjacent to an activating group) is 1. The van der Waals surface area contributed by atoms with Crippen LogP contribution >= 0.6 is 11.6 Å². The number of nitrogens with zero attached hydrogens (tertiary/aromatic N) is 2. The van der Waals surface area contributed by atoms with Crippen LogP contribution in [0.25, 0.3) is 0 Å². The predicted molar refractivity (Wildman–Crippen MR) is 94.2 cm³/mol. The van der Waals surface area contributed by atoms with Crippen LogP contribution in [0.2, 0.25) is 5.02 Å². The molecule has 2 N–H and O–H groups in total. The van der Waals surface area contributed by atoms with E-state index >= 15 is 0 Å². The predicted octanol–water partition coefficient (Wildman–Crippen LogP) is 1.55. The number of hydrogen-bond acceptors (Lipinski definition) is 4. The second-order valence-corrected chi connectivity index (χ2v) is 9.40. The first kappa shape index (κ1) is 19.2. The fourth-order valence-electron chi connectivity index (χ4n) is 2.75. The van der Waals surface area contributed by atoms with Crippen LogP contribution in [0.15, 0.2) is 29.2 Å². The van der Waals surface area contributed by atoms with Crippen LogP contribution < -0.4 is 5.73 Å². The largest absolute Gasteiger partial charge is 0.341 e. The van der Waals surface area contributed by atoms with E-state index in [2.05, 4.69) is 0 Å². The summed E-state index contributed by atoms with van der Waals surface area (Å²) in [4.78, 5) is 14.3. The number of nitrogens with two attached hydrogens (primary N) is 1. The number of hydrogen-bond donors (Lipinski definition) is 1. The Morgan fingerprint density at radius 2 is 1.96 bits per heavy atom. The van der Waals surface area contributed by atoms with Gasteiger partial charge in [0.05, 0.1) is 11.4 Å². The van der Waals surface area contributed by atoms with Gasteiger partial charge in [-0.2, -0.15) is 4.31 Å². The van der Waals surface area contributed by atoms with Crippen molar-refractivity contribution in [2.24, 2.45) is 11.1 Å². The van der Waals surface area contributed by atoms with Gasteiger partial charge >= 0.3 is 0 Å². The van der Waals surface area contributed by atoms with Crippen molar-refractivity contribution < 1.29 is 13.2 Å². The van der Waals surface area contributed by atoms with Crippen LogP contribution in [0.3, 0.4) is 0 Å². The summed E-state index contributed by atoms with van der Waals surface area (Å²) in [6.45, 7) is 4.92. The lowest BCUT2D eigenvalue weighted by Crippen LogP contribution is -2.55. The third-order valence-electron chi connectivity index (χ3n) is 4.54. The van der Waals surface area contributed by atoms with Crippen LogP contribution in [0.1, 0.15) is 20.3 Å². The third kappa shape index (κ3) is 4.08. The maximum atomic E-state index is 12.5. The lowest BCUT2D eigenvalue weighted by Gasteiger charge is -2.42. The molecule has 0 aliphatic carbocycles. The molecule has 1 atom stereocenters. The van der Waals surface area contributed by atoms with Crippen molar-refractivity contribution in [3.63, 3.8) is 0 Å². The first-order valence-electron chi connectivity index (χ1n) is 7.79. The van der Waals surface area contributed by atoms with E-state index in [-0.39, 0.29) is 28.8 Å². The van der Waals surface area contributed by atoms with Gasteiger partial charge in [-0.1, -0.05) is 25.4 Å². The fraction of sp³-hybridized carbons (Fsp3) is 0.562. The molecule has 1 heterocycles. The van der Waals surface area contributed by atoms with E-state index < -0.39 is 10.0 Å². The van der Waals surface area contributed by atoms with Crippen molar-refractivity contribution in [2.45, 2.75) is 31.2 Å². The second kappa shape index (κ2) is 7.00. The second-order valence-electron chi connectivity index (χ2n) is 6.91. The normalized spacial score (nSPS) is 21.1. The molecule has 1 saturated heterocycles. The van der Waals surface area contributed by atoms with E-state index in [1.54, 1.807) is 4.90 Å².